The number of urea groups is 1. The smallest absolute Gasteiger partial charge is 0.342 e. The van der Waals surface area contributed by atoms with Crippen molar-refractivity contribution in [1.29, 1.82) is 0 Å². The zero-order valence-electron chi connectivity index (χ0n) is 18.3. The summed E-state index contributed by atoms with van der Waals surface area (Å²) in [6, 6.07) is 10.1. The Bertz CT molecular complexity index is 977. The predicted octanol–water partition coefficient (Wildman–Crippen LogP) is 4.82. The van der Waals surface area contributed by atoms with Gasteiger partial charge in [-0.15, -0.1) is 0 Å². The maximum atomic E-state index is 12.9. The van der Waals surface area contributed by atoms with E-state index in [2.05, 4.69) is 10.3 Å². The van der Waals surface area contributed by atoms with E-state index in [1.54, 1.807) is 4.90 Å². The molecule has 0 fully saturated rings. The maximum absolute atomic E-state index is 12.9. The molecule has 0 saturated heterocycles. The van der Waals surface area contributed by atoms with Crippen molar-refractivity contribution in [2.24, 2.45) is 0 Å². The van der Waals surface area contributed by atoms with Gasteiger partial charge in [0, 0.05) is 23.7 Å². The molecular weight excluding hydrogens is 421 g/mol. The fourth-order valence-electron chi connectivity index (χ4n) is 3.88. The Morgan fingerprint density at radius 1 is 1.22 bits per heavy atom. The lowest BCUT2D eigenvalue weighted by Crippen LogP contribution is -2.42. The summed E-state index contributed by atoms with van der Waals surface area (Å²) < 4.78 is 37.8. The molecule has 0 saturated carbocycles. The largest absolute Gasteiger partial charge is 0.405 e. The Labute approximate surface area is 185 Å². The second-order valence-electron chi connectivity index (χ2n) is 8.13. The summed E-state index contributed by atoms with van der Waals surface area (Å²) in [7, 11) is 0. The number of nitrogens with one attached hydrogen (secondary N) is 2. The van der Waals surface area contributed by atoms with Gasteiger partial charge >= 0.3 is 12.2 Å². The number of carbonyl (C=O) groups is 2. The topological polar surface area (TPSA) is 74.3 Å². The van der Waals surface area contributed by atoms with Crippen LogP contribution in [-0.2, 0) is 6.54 Å². The number of fused-ring (bicyclic) bond motifs is 1. The Balaban J connectivity index is 2.07. The lowest BCUT2D eigenvalue weighted by molar-refractivity contribution is -0.123. The van der Waals surface area contributed by atoms with Crippen LogP contribution in [0.4, 0.5) is 18.0 Å². The zero-order valence-corrected chi connectivity index (χ0v) is 18.3. The van der Waals surface area contributed by atoms with E-state index >= 15 is 0 Å². The normalized spacial score (nSPS) is 15.6. The lowest BCUT2D eigenvalue weighted by Gasteiger charge is -2.27. The number of amides is 3. The van der Waals surface area contributed by atoms with Gasteiger partial charge in [0.2, 0.25) is 0 Å². The van der Waals surface area contributed by atoms with Gasteiger partial charge in [0.25, 0.3) is 5.91 Å². The van der Waals surface area contributed by atoms with Crippen molar-refractivity contribution in [2.45, 2.75) is 58.4 Å². The Hall–Kier alpha value is -3.10. The number of carbonyl (C=O) groups excluding carboxylic acids is 2. The van der Waals surface area contributed by atoms with E-state index in [1.807, 2.05) is 56.4 Å². The number of aromatic nitrogens is 1. The van der Waals surface area contributed by atoms with E-state index < -0.39 is 18.6 Å². The highest BCUT2D eigenvalue weighted by molar-refractivity contribution is 5.93. The van der Waals surface area contributed by atoms with Gasteiger partial charge in [-0.2, -0.15) is 13.2 Å². The fraction of sp³-hybridized carbons (Fsp3) is 0.435. The molecule has 1 aliphatic rings. The summed E-state index contributed by atoms with van der Waals surface area (Å²) in [4.78, 5) is 31.5. The third-order valence-electron chi connectivity index (χ3n) is 5.16. The number of rotatable bonds is 6. The number of pyridine rings is 1. The molecule has 3 rings (SSSR count). The molecule has 1 aliphatic heterocycles. The van der Waals surface area contributed by atoms with Crippen LogP contribution in [0.15, 0.2) is 36.4 Å². The lowest BCUT2D eigenvalue weighted by atomic mass is 9.95. The van der Waals surface area contributed by atoms with Gasteiger partial charge in [-0.3, -0.25) is 4.79 Å². The third-order valence-corrected chi connectivity index (χ3v) is 5.16. The quantitative estimate of drug-likeness (QED) is 0.666. The van der Waals surface area contributed by atoms with E-state index in [0.717, 1.165) is 17.5 Å². The summed E-state index contributed by atoms with van der Waals surface area (Å²) >= 11 is 0. The first-order valence-electron chi connectivity index (χ1n) is 10.6. The summed E-state index contributed by atoms with van der Waals surface area (Å²) in [5.74, 6) is -0.903. The second kappa shape index (κ2) is 9.58. The molecule has 172 valence electrons. The van der Waals surface area contributed by atoms with Crippen LogP contribution in [0.3, 0.4) is 0 Å². The van der Waals surface area contributed by atoms with E-state index in [9.17, 15) is 22.8 Å². The van der Waals surface area contributed by atoms with Gasteiger partial charge in [0.15, 0.2) is 0 Å². The van der Waals surface area contributed by atoms with Gasteiger partial charge in [-0.25, -0.2) is 9.78 Å². The van der Waals surface area contributed by atoms with Crippen molar-refractivity contribution in [3.05, 3.63) is 53.2 Å². The standard InChI is InChI=1S/C23H27F3N4O2/c1-4-8-18-19-16(12-30(18)22(32)28-14(2)3)11-17(21(31)27-13-23(24,25)26)29-20(19)15-9-6-5-7-10-15/h5-7,9-11,14,18H,4,8,12-13H2,1-3H3,(H,27,31)(H,28,32)/t18-/m1/s1. The molecular formula is C23H27F3N4O2. The number of halogens is 3. The van der Waals surface area contributed by atoms with Crippen LogP contribution in [0.25, 0.3) is 11.3 Å². The molecule has 1 aromatic carbocycles. The Morgan fingerprint density at radius 2 is 1.91 bits per heavy atom. The Kier molecular flexibility index (Phi) is 7.06. The van der Waals surface area contributed by atoms with Crippen molar-refractivity contribution in [3.8, 4) is 11.3 Å². The van der Waals surface area contributed by atoms with Crippen molar-refractivity contribution in [3.63, 3.8) is 0 Å². The van der Waals surface area contributed by atoms with E-state index in [4.69, 9.17) is 0 Å². The molecule has 0 bridgehead atoms. The van der Waals surface area contributed by atoms with Crippen molar-refractivity contribution in [2.75, 3.05) is 6.54 Å². The molecule has 32 heavy (non-hydrogen) atoms. The Morgan fingerprint density at radius 3 is 2.50 bits per heavy atom. The molecule has 9 heteroatoms. The summed E-state index contributed by atoms with van der Waals surface area (Å²) in [5, 5.41) is 4.79. The van der Waals surface area contributed by atoms with Crippen molar-refractivity contribution < 1.29 is 22.8 Å². The second-order valence-corrected chi connectivity index (χ2v) is 8.13. The molecule has 2 heterocycles. The SMILES string of the molecule is CCC[C@@H]1c2c(cc(C(=O)NCC(F)(F)F)nc2-c2ccccc2)CN1C(=O)NC(C)C. The minimum absolute atomic E-state index is 0.0519. The first-order valence-corrected chi connectivity index (χ1v) is 10.6. The van der Waals surface area contributed by atoms with E-state index in [1.165, 1.54) is 6.07 Å². The van der Waals surface area contributed by atoms with Gasteiger partial charge in [-0.1, -0.05) is 43.7 Å². The van der Waals surface area contributed by atoms with Gasteiger partial charge in [-0.05, 0) is 31.9 Å². The molecule has 2 N–H and O–H groups in total. The highest BCUT2D eigenvalue weighted by Crippen LogP contribution is 2.42. The fourth-order valence-corrected chi connectivity index (χ4v) is 3.88. The van der Waals surface area contributed by atoms with Crippen LogP contribution in [0.5, 0.6) is 0 Å². The number of alkyl halides is 3. The van der Waals surface area contributed by atoms with Crippen LogP contribution in [0, 0.1) is 0 Å². The van der Waals surface area contributed by atoms with Crippen LogP contribution >= 0.6 is 0 Å². The van der Waals surface area contributed by atoms with Crippen molar-refractivity contribution >= 4 is 11.9 Å². The highest BCUT2D eigenvalue weighted by atomic mass is 19.4. The summed E-state index contributed by atoms with van der Waals surface area (Å²) in [6.07, 6.45) is -3.01. The number of benzene rings is 1. The molecule has 3 amide bonds. The minimum atomic E-state index is -4.52. The first kappa shape index (κ1) is 23.6. The minimum Gasteiger partial charge on any atom is -0.342 e. The summed E-state index contributed by atoms with van der Waals surface area (Å²) in [5.41, 5.74) is 2.70. The molecule has 0 radical (unpaired) electrons. The molecule has 2 aromatic rings. The van der Waals surface area contributed by atoms with E-state index in [-0.39, 0.29) is 30.4 Å². The van der Waals surface area contributed by atoms with Crippen LogP contribution in [0.2, 0.25) is 0 Å². The van der Waals surface area contributed by atoms with Crippen LogP contribution in [-0.4, -0.2) is 40.6 Å². The number of hydrogen-bond donors (Lipinski definition) is 2. The van der Waals surface area contributed by atoms with Crippen LogP contribution in [0.1, 0.15) is 61.3 Å². The van der Waals surface area contributed by atoms with Crippen molar-refractivity contribution in [1.82, 2.24) is 20.5 Å². The highest BCUT2D eigenvalue weighted by Gasteiger charge is 2.37. The number of nitrogens with zero attached hydrogens (tertiary/aromatic N) is 2. The molecule has 0 unspecified atom stereocenters. The predicted molar refractivity (Wildman–Crippen MR) is 115 cm³/mol. The summed E-state index contributed by atoms with van der Waals surface area (Å²) in [6.45, 7) is 4.57. The van der Waals surface area contributed by atoms with E-state index in [0.29, 0.717) is 17.7 Å². The maximum Gasteiger partial charge on any atom is 0.405 e. The monoisotopic (exact) mass is 448 g/mol. The molecule has 1 atom stereocenters. The molecule has 6 nitrogen and oxygen atoms in total. The molecule has 0 spiro atoms. The average molecular weight is 448 g/mol. The van der Waals surface area contributed by atoms with Gasteiger partial charge in [0.1, 0.15) is 12.2 Å². The number of hydrogen-bond acceptors (Lipinski definition) is 3. The zero-order chi connectivity index (χ0) is 23.5. The molecule has 0 aliphatic carbocycles. The van der Waals surface area contributed by atoms with Crippen LogP contribution < -0.4 is 10.6 Å². The first-order chi connectivity index (χ1) is 15.1. The van der Waals surface area contributed by atoms with Gasteiger partial charge in [0.05, 0.1) is 11.7 Å². The molecule has 1 aromatic heterocycles. The van der Waals surface area contributed by atoms with Gasteiger partial charge < -0.3 is 15.5 Å². The average Bonchev–Trinajstić information content (AvgIpc) is 3.10. The third kappa shape index (κ3) is 5.38.